The molecule has 0 aromatic heterocycles. The molecule has 0 atom stereocenters. The van der Waals surface area contributed by atoms with E-state index >= 15 is 0 Å². The molecule has 104 valence electrons. The number of rotatable bonds is 10. The second-order valence-electron chi connectivity index (χ2n) is 4.64. The molecule has 17 heavy (non-hydrogen) atoms. The van der Waals surface area contributed by atoms with Crippen LogP contribution in [0.1, 0.15) is 33.1 Å². The summed E-state index contributed by atoms with van der Waals surface area (Å²) < 4.78 is 25.7. The van der Waals surface area contributed by atoms with E-state index in [2.05, 4.69) is 23.5 Å². The molecule has 0 radical (unpaired) electrons. The van der Waals surface area contributed by atoms with Gasteiger partial charge in [-0.3, -0.25) is 0 Å². The van der Waals surface area contributed by atoms with Crippen LogP contribution in [0.15, 0.2) is 0 Å². The lowest BCUT2D eigenvalue weighted by Crippen LogP contribution is -2.32. The van der Waals surface area contributed by atoms with Gasteiger partial charge in [-0.15, -0.1) is 0 Å². The first-order chi connectivity index (χ1) is 7.89. The fraction of sp³-hybridized carbons (Fsp3) is 1.00. The van der Waals surface area contributed by atoms with Crippen LogP contribution in [0.25, 0.3) is 0 Å². The van der Waals surface area contributed by atoms with Crippen LogP contribution in [0.4, 0.5) is 0 Å². The van der Waals surface area contributed by atoms with Gasteiger partial charge in [0.1, 0.15) is 0 Å². The van der Waals surface area contributed by atoms with Gasteiger partial charge in [-0.05, 0) is 53.2 Å². The zero-order valence-electron chi connectivity index (χ0n) is 11.3. The fourth-order valence-corrected chi connectivity index (χ4v) is 2.51. The van der Waals surface area contributed by atoms with Crippen LogP contribution in [-0.2, 0) is 10.0 Å². The molecule has 0 spiro atoms. The number of hydrogen-bond donors (Lipinski definition) is 2. The third-order valence-corrected chi connectivity index (χ3v) is 4.23. The molecule has 0 aliphatic rings. The van der Waals surface area contributed by atoms with Crippen molar-refractivity contribution in [3.8, 4) is 0 Å². The van der Waals surface area contributed by atoms with Gasteiger partial charge in [-0.25, -0.2) is 13.1 Å². The van der Waals surface area contributed by atoms with Gasteiger partial charge in [0.15, 0.2) is 0 Å². The van der Waals surface area contributed by atoms with Crippen molar-refractivity contribution >= 4 is 10.0 Å². The van der Waals surface area contributed by atoms with Crippen molar-refractivity contribution in [3.05, 3.63) is 0 Å². The van der Waals surface area contributed by atoms with Crippen molar-refractivity contribution in [2.45, 2.75) is 39.2 Å². The minimum absolute atomic E-state index is 0.185. The fourth-order valence-electron chi connectivity index (χ4n) is 1.32. The van der Waals surface area contributed by atoms with Crippen molar-refractivity contribution in [2.75, 3.05) is 32.4 Å². The summed E-state index contributed by atoms with van der Waals surface area (Å²) in [6.45, 7) is 6.22. The summed E-state index contributed by atoms with van der Waals surface area (Å²) in [6.07, 6.45) is 2.24. The van der Waals surface area contributed by atoms with Crippen molar-refractivity contribution in [1.29, 1.82) is 0 Å². The number of unbranched alkanes of at least 4 members (excludes halogenated alkanes) is 1. The van der Waals surface area contributed by atoms with E-state index in [9.17, 15) is 8.42 Å². The Bertz CT molecular complexity index is 278. The first-order valence-corrected chi connectivity index (χ1v) is 7.92. The molecule has 0 aromatic carbocycles. The van der Waals surface area contributed by atoms with E-state index in [0.29, 0.717) is 25.6 Å². The average Bonchev–Trinajstić information content (AvgIpc) is 2.24. The van der Waals surface area contributed by atoms with Crippen LogP contribution in [0.3, 0.4) is 0 Å². The molecule has 0 aliphatic carbocycles. The molecule has 3 N–H and O–H groups in total. The summed E-state index contributed by atoms with van der Waals surface area (Å²) in [5.41, 5.74) is 5.32. The van der Waals surface area contributed by atoms with Gasteiger partial charge in [0.05, 0.1) is 5.75 Å². The van der Waals surface area contributed by atoms with Crippen molar-refractivity contribution < 1.29 is 8.42 Å². The number of sulfonamides is 1. The van der Waals surface area contributed by atoms with E-state index in [4.69, 9.17) is 5.73 Å². The summed E-state index contributed by atoms with van der Waals surface area (Å²) in [6, 6.07) is 0.496. The second-order valence-corrected chi connectivity index (χ2v) is 6.56. The maximum atomic E-state index is 11.5. The summed E-state index contributed by atoms with van der Waals surface area (Å²) in [5, 5.41) is 0. The summed E-state index contributed by atoms with van der Waals surface area (Å²) in [4.78, 5) is 2.20. The predicted octanol–water partition coefficient (Wildman–Crippen LogP) is 0.375. The van der Waals surface area contributed by atoms with Gasteiger partial charge in [-0.1, -0.05) is 0 Å². The third-order valence-electron chi connectivity index (χ3n) is 2.76. The Balaban J connectivity index is 3.66. The maximum absolute atomic E-state index is 11.5. The summed E-state index contributed by atoms with van der Waals surface area (Å²) in [7, 11) is -1.05. The van der Waals surface area contributed by atoms with Gasteiger partial charge in [0.2, 0.25) is 10.0 Å². The molecule has 6 heteroatoms. The average molecular weight is 265 g/mol. The Labute approximate surface area is 106 Å². The lowest BCUT2D eigenvalue weighted by molar-refractivity contribution is 0.271. The molecule has 0 aromatic rings. The zero-order chi connectivity index (χ0) is 13.3. The molecule has 0 aliphatic heterocycles. The molecule has 0 unspecified atom stereocenters. The highest BCUT2D eigenvalue weighted by atomic mass is 32.2. The van der Waals surface area contributed by atoms with Crippen molar-refractivity contribution in [2.24, 2.45) is 5.73 Å². The molecule has 0 heterocycles. The van der Waals surface area contributed by atoms with Crippen molar-refractivity contribution in [3.63, 3.8) is 0 Å². The molecule has 0 amide bonds. The summed E-state index contributed by atoms with van der Waals surface area (Å²) >= 11 is 0. The lowest BCUT2D eigenvalue weighted by atomic mass is 10.3. The topological polar surface area (TPSA) is 75.4 Å². The van der Waals surface area contributed by atoms with Crippen molar-refractivity contribution in [1.82, 2.24) is 9.62 Å². The largest absolute Gasteiger partial charge is 0.330 e. The van der Waals surface area contributed by atoms with Gasteiger partial charge in [-0.2, -0.15) is 0 Å². The third kappa shape index (κ3) is 9.52. The Morgan fingerprint density at radius 2 is 1.88 bits per heavy atom. The van der Waals surface area contributed by atoms with Gasteiger partial charge < -0.3 is 10.6 Å². The van der Waals surface area contributed by atoms with E-state index in [1.165, 1.54) is 0 Å². The maximum Gasteiger partial charge on any atom is 0.211 e. The Morgan fingerprint density at radius 1 is 1.24 bits per heavy atom. The molecular weight excluding hydrogens is 238 g/mol. The van der Waals surface area contributed by atoms with E-state index in [1.807, 2.05) is 7.05 Å². The molecule has 0 saturated heterocycles. The highest BCUT2D eigenvalue weighted by Crippen LogP contribution is 1.96. The monoisotopic (exact) mass is 265 g/mol. The van der Waals surface area contributed by atoms with E-state index in [1.54, 1.807) is 0 Å². The van der Waals surface area contributed by atoms with Gasteiger partial charge in [0, 0.05) is 12.6 Å². The second kappa shape index (κ2) is 8.85. The Kier molecular flexibility index (Phi) is 8.77. The molecular formula is C11H27N3O2S. The lowest BCUT2D eigenvalue weighted by Gasteiger charge is -2.20. The molecule has 0 rings (SSSR count). The van der Waals surface area contributed by atoms with Crippen LogP contribution in [0, 0.1) is 0 Å². The van der Waals surface area contributed by atoms with E-state index in [-0.39, 0.29) is 5.75 Å². The molecule has 0 fully saturated rings. The zero-order valence-corrected chi connectivity index (χ0v) is 12.1. The van der Waals surface area contributed by atoms with E-state index < -0.39 is 10.0 Å². The van der Waals surface area contributed by atoms with E-state index in [0.717, 1.165) is 19.4 Å². The van der Waals surface area contributed by atoms with Crippen LogP contribution < -0.4 is 10.5 Å². The number of nitrogens with two attached hydrogens (primary N) is 1. The number of nitrogens with one attached hydrogen (secondary N) is 1. The van der Waals surface area contributed by atoms with Gasteiger partial charge in [0.25, 0.3) is 0 Å². The Hall–Kier alpha value is -0.170. The normalized spacial score (nSPS) is 12.6. The standard InChI is InChI=1S/C11H27N3O2S/c1-11(2)14(3)9-6-8-13-17(15,16)10-5-4-7-12/h11,13H,4-10,12H2,1-3H3. The first-order valence-electron chi connectivity index (χ1n) is 6.26. The highest BCUT2D eigenvalue weighted by Gasteiger charge is 2.09. The van der Waals surface area contributed by atoms with Crippen LogP contribution in [0.5, 0.6) is 0 Å². The molecule has 5 nitrogen and oxygen atoms in total. The highest BCUT2D eigenvalue weighted by molar-refractivity contribution is 7.89. The van der Waals surface area contributed by atoms with Crippen LogP contribution >= 0.6 is 0 Å². The SMILES string of the molecule is CC(C)N(C)CCCNS(=O)(=O)CCCCN. The van der Waals surface area contributed by atoms with Gasteiger partial charge >= 0.3 is 0 Å². The Morgan fingerprint density at radius 3 is 2.41 bits per heavy atom. The molecule has 0 bridgehead atoms. The smallest absolute Gasteiger partial charge is 0.211 e. The summed E-state index contributed by atoms with van der Waals surface area (Å²) in [5.74, 6) is 0.185. The number of hydrogen-bond acceptors (Lipinski definition) is 4. The molecule has 0 saturated carbocycles. The number of nitrogens with zero attached hydrogens (tertiary/aromatic N) is 1. The first kappa shape index (κ1) is 16.8. The quantitative estimate of drug-likeness (QED) is 0.560. The minimum atomic E-state index is -3.10. The van der Waals surface area contributed by atoms with Crippen LogP contribution in [-0.4, -0.2) is 51.8 Å². The predicted molar refractivity (Wildman–Crippen MR) is 72.5 cm³/mol. The van der Waals surface area contributed by atoms with Crippen LogP contribution in [0.2, 0.25) is 0 Å². The minimum Gasteiger partial charge on any atom is -0.330 e.